The van der Waals surface area contributed by atoms with E-state index in [2.05, 4.69) is 15.5 Å². The summed E-state index contributed by atoms with van der Waals surface area (Å²) < 4.78 is 5.52. The maximum absolute atomic E-state index is 13.2. The van der Waals surface area contributed by atoms with Crippen molar-refractivity contribution in [2.45, 2.75) is 50.8 Å². The number of likely N-dealkylation sites (tertiary alicyclic amines) is 1. The number of amides is 1. The number of piperidine rings is 2. The maximum atomic E-state index is 13.2. The summed E-state index contributed by atoms with van der Waals surface area (Å²) in [5, 5.41) is 7.18. The summed E-state index contributed by atoms with van der Waals surface area (Å²) in [6, 6.07) is 6.10. The van der Waals surface area contributed by atoms with Crippen LogP contribution in [-0.4, -0.2) is 61.5 Å². The van der Waals surface area contributed by atoms with Crippen LogP contribution in [0.3, 0.4) is 0 Å². The highest BCUT2D eigenvalue weighted by molar-refractivity contribution is 6.33. The zero-order chi connectivity index (χ0) is 20.5. The minimum atomic E-state index is -0.0968. The first-order valence-corrected chi connectivity index (χ1v) is 10.9. The van der Waals surface area contributed by atoms with Crippen LogP contribution in [-0.2, 0) is 14.3 Å². The number of hydrogen-bond acceptors (Lipinski definition) is 5. The number of Topliss-reactive ketones (excluding diaryl/α,β-unsaturated/α-hetero) is 1. The van der Waals surface area contributed by atoms with Crippen molar-refractivity contribution in [1.82, 2.24) is 10.2 Å². The zero-order valence-corrected chi connectivity index (χ0v) is 17.9. The fraction of sp³-hybridized carbons (Fsp3) is 0.636. The highest BCUT2D eigenvalue weighted by atomic mass is 35.5. The van der Waals surface area contributed by atoms with Crippen LogP contribution in [0.2, 0.25) is 5.02 Å². The van der Waals surface area contributed by atoms with E-state index in [4.69, 9.17) is 16.3 Å². The van der Waals surface area contributed by atoms with Gasteiger partial charge in [-0.3, -0.25) is 14.5 Å². The summed E-state index contributed by atoms with van der Waals surface area (Å²) >= 11 is 6.22. The second-order valence-corrected chi connectivity index (χ2v) is 9.13. The van der Waals surface area contributed by atoms with E-state index in [-0.39, 0.29) is 42.5 Å². The predicted octanol–water partition coefficient (Wildman–Crippen LogP) is 2.63. The third-order valence-corrected chi connectivity index (χ3v) is 7.07. The molecule has 1 amide bonds. The van der Waals surface area contributed by atoms with Gasteiger partial charge in [0.2, 0.25) is 5.91 Å². The van der Waals surface area contributed by atoms with Gasteiger partial charge in [0, 0.05) is 44.1 Å². The monoisotopic (exact) mass is 419 g/mol. The van der Waals surface area contributed by atoms with Crippen LogP contribution in [0.4, 0.5) is 5.69 Å². The van der Waals surface area contributed by atoms with E-state index in [9.17, 15) is 9.59 Å². The Morgan fingerprint density at radius 3 is 2.83 bits per heavy atom. The van der Waals surface area contributed by atoms with E-state index in [1.807, 2.05) is 25.1 Å². The molecule has 3 aliphatic rings. The number of halogens is 1. The van der Waals surface area contributed by atoms with Gasteiger partial charge in [0.25, 0.3) is 0 Å². The van der Waals surface area contributed by atoms with E-state index in [1.54, 1.807) is 7.11 Å². The molecule has 0 aromatic heterocycles. The number of carbonyl (C=O) groups is 2. The number of nitrogens with zero attached hydrogens (tertiary/aromatic N) is 1. The summed E-state index contributed by atoms with van der Waals surface area (Å²) in [4.78, 5) is 27.8. The number of methoxy groups -OCH3 is 1. The third kappa shape index (κ3) is 4.50. The highest BCUT2D eigenvalue weighted by Gasteiger charge is 2.47. The lowest BCUT2D eigenvalue weighted by molar-refractivity contribution is -0.138. The number of ketones is 1. The number of benzene rings is 1. The van der Waals surface area contributed by atoms with E-state index >= 15 is 0 Å². The van der Waals surface area contributed by atoms with Crippen molar-refractivity contribution >= 4 is 29.0 Å². The summed E-state index contributed by atoms with van der Waals surface area (Å²) in [6.45, 7) is 3.68. The van der Waals surface area contributed by atoms with Crippen molar-refractivity contribution in [3.05, 3.63) is 28.8 Å². The highest BCUT2D eigenvalue weighted by Crippen LogP contribution is 2.36. The number of hydrogen-bond donors (Lipinski definition) is 2. The molecule has 2 aliphatic heterocycles. The summed E-state index contributed by atoms with van der Waals surface area (Å²) in [7, 11) is 1.73. The Labute approximate surface area is 177 Å². The number of ether oxygens (including phenoxy) is 1. The standard InChI is InChI=1S/C22H30ClN3O3/c1-13-3-5-20(17(23)9-13)25-21(27)12-26-8-7-19-16(11-26)22(28)15-10-14(29-2)4-6-18(15)24-19/h3,5,9,14-16,18-19,24H,4,6-8,10-12H2,1-2H3,(H,25,27). The average Bonchev–Trinajstić information content (AvgIpc) is 2.70. The van der Waals surface area contributed by atoms with E-state index < -0.39 is 0 Å². The van der Waals surface area contributed by atoms with Gasteiger partial charge in [0.15, 0.2) is 0 Å². The smallest absolute Gasteiger partial charge is 0.238 e. The van der Waals surface area contributed by atoms with E-state index in [0.29, 0.717) is 23.0 Å². The molecule has 29 heavy (non-hydrogen) atoms. The normalized spacial score (nSPS) is 32.4. The zero-order valence-electron chi connectivity index (χ0n) is 17.1. The molecule has 2 N–H and O–H groups in total. The average molecular weight is 420 g/mol. The predicted molar refractivity (Wildman–Crippen MR) is 113 cm³/mol. The Morgan fingerprint density at radius 2 is 2.07 bits per heavy atom. The van der Waals surface area contributed by atoms with E-state index in [0.717, 1.165) is 37.8 Å². The van der Waals surface area contributed by atoms with Crippen LogP contribution in [0.1, 0.15) is 31.2 Å². The first kappa shape index (κ1) is 20.8. The van der Waals surface area contributed by atoms with Gasteiger partial charge in [0.05, 0.1) is 23.4 Å². The number of rotatable bonds is 4. The Kier molecular flexibility index (Phi) is 6.25. The minimum absolute atomic E-state index is 0.0371. The van der Waals surface area contributed by atoms with Gasteiger partial charge in [-0.25, -0.2) is 0 Å². The Hall–Kier alpha value is -1.47. The van der Waals surface area contributed by atoms with Crippen molar-refractivity contribution in [2.75, 3.05) is 32.1 Å². The molecule has 5 atom stereocenters. The van der Waals surface area contributed by atoms with Crippen molar-refractivity contribution in [2.24, 2.45) is 11.8 Å². The van der Waals surface area contributed by atoms with Crippen LogP contribution in [0.25, 0.3) is 0 Å². The lowest BCUT2D eigenvalue weighted by Gasteiger charge is -2.48. The lowest BCUT2D eigenvalue weighted by atomic mass is 9.70. The number of aryl methyl sites for hydroxylation is 1. The van der Waals surface area contributed by atoms with Gasteiger partial charge >= 0.3 is 0 Å². The SMILES string of the molecule is COC1CCC2NC3CCN(CC(=O)Nc4ccc(C)cc4Cl)CC3C(=O)C2C1. The van der Waals surface area contributed by atoms with Gasteiger partial charge < -0.3 is 15.4 Å². The number of nitrogens with one attached hydrogen (secondary N) is 2. The molecule has 158 valence electrons. The second-order valence-electron chi connectivity index (χ2n) is 8.72. The quantitative estimate of drug-likeness (QED) is 0.785. The molecular formula is C22H30ClN3O3. The van der Waals surface area contributed by atoms with E-state index in [1.165, 1.54) is 0 Å². The fourth-order valence-corrected chi connectivity index (χ4v) is 5.46. The number of carbonyl (C=O) groups excluding carboxylic acids is 2. The molecular weight excluding hydrogens is 390 g/mol. The third-order valence-electron chi connectivity index (χ3n) is 6.76. The van der Waals surface area contributed by atoms with Crippen LogP contribution >= 0.6 is 11.6 Å². The molecule has 6 nitrogen and oxygen atoms in total. The molecule has 3 fully saturated rings. The first-order valence-electron chi connectivity index (χ1n) is 10.6. The largest absolute Gasteiger partial charge is 0.381 e. The molecule has 1 saturated carbocycles. The summed E-state index contributed by atoms with van der Waals surface area (Å²) in [5.41, 5.74) is 1.68. The molecule has 1 aromatic rings. The summed E-state index contributed by atoms with van der Waals surface area (Å²) in [5.74, 6) is 0.249. The molecule has 1 aromatic carbocycles. The molecule has 0 radical (unpaired) electrons. The number of fused-ring (bicyclic) bond motifs is 2. The molecule has 2 saturated heterocycles. The molecule has 7 heteroatoms. The number of anilines is 1. The van der Waals surface area contributed by atoms with Gasteiger partial charge in [-0.1, -0.05) is 17.7 Å². The molecule has 0 bridgehead atoms. The van der Waals surface area contributed by atoms with Crippen LogP contribution < -0.4 is 10.6 Å². The Morgan fingerprint density at radius 1 is 1.28 bits per heavy atom. The van der Waals surface area contributed by atoms with Crippen LogP contribution in [0.15, 0.2) is 18.2 Å². The van der Waals surface area contributed by atoms with Crippen molar-refractivity contribution < 1.29 is 14.3 Å². The van der Waals surface area contributed by atoms with Crippen molar-refractivity contribution in [3.8, 4) is 0 Å². The van der Waals surface area contributed by atoms with Gasteiger partial charge in [-0.2, -0.15) is 0 Å². The molecule has 2 heterocycles. The van der Waals surface area contributed by atoms with Crippen LogP contribution in [0.5, 0.6) is 0 Å². The molecule has 1 aliphatic carbocycles. The lowest BCUT2D eigenvalue weighted by Crippen LogP contribution is -2.64. The fourth-order valence-electron chi connectivity index (χ4n) is 5.18. The van der Waals surface area contributed by atoms with Gasteiger partial charge in [-0.15, -0.1) is 0 Å². The molecule has 0 spiro atoms. The Balaban J connectivity index is 1.36. The topological polar surface area (TPSA) is 70.7 Å². The first-order chi connectivity index (χ1) is 13.9. The second kappa shape index (κ2) is 8.72. The minimum Gasteiger partial charge on any atom is -0.381 e. The summed E-state index contributed by atoms with van der Waals surface area (Å²) in [6.07, 6.45) is 3.91. The molecule has 5 unspecified atom stereocenters. The van der Waals surface area contributed by atoms with Crippen molar-refractivity contribution in [1.29, 1.82) is 0 Å². The molecule has 4 rings (SSSR count). The Bertz CT molecular complexity index is 787. The maximum Gasteiger partial charge on any atom is 0.238 e. The van der Waals surface area contributed by atoms with Crippen LogP contribution in [0, 0.1) is 18.8 Å². The van der Waals surface area contributed by atoms with Gasteiger partial charge in [-0.05, 0) is 50.3 Å². The van der Waals surface area contributed by atoms with Crippen molar-refractivity contribution in [3.63, 3.8) is 0 Å². The van der Waals surface area contributed by atoms with Gasteiger partial charge in [0.1, 0.15) is 5.78 Å².